The molecule has 1 amide bonds. The summed E-state index contributed by atoms with van der Waals surface area (Å²) in [4.78, 5) is 11.8. The summed E-state index contributed by atoms with van der Waals surface area (Å²) in [6.07, 6.45) is 1.08. The summed E-state index contributed by atoms with van der Waals surface area (Å²) in [5, 5.41) is 11.3. The van der Waals surface area contributed by atoms with Crippen molar-refractivity contribution in [3.8, 4) is 0 Å². The van der Waals surface area contributed by atoms with Gasteiger partial charge >= 0.3 is 0 Å². The lowest BCUT2D eigenvalue weighted by atomic mass is 10.2. The topological polar surface area (TPSA) is 83.5 Å². The van der Waals surface area contributed by atoms with Gasteiger partial charge in [-0.25, -0.2) is 8.42 Å². The molecule has 94 valence electrons. The number of carbonyl (C=O) groups excluding carboxylic acids is 1. The molecule has 0 saturated carbocycles. The molecule has 0 heterocycles. The van der Waals surface area contributed by atoms with Crippen LogP contribution in [0.5, 0.6) is 0 Å². The number of rotatable bonds is 4. The maximum absolute atomic E-state index is 11.7. The second kappa shape index (κ2) is 5.29. The van der Waals surface area contributed by atoms with Crippen molar-refractivity contribution in [2.24, 2.45) is 0 Å². The van der Waals surface area contributed by atoms with E-state index in [1.165, 1.54) is 24.3 Å². The minimum absolute atomic E-state index is 0.0989. The molecule has 17 heavy (non-hydrogen) atoms. The molecule has 1 rings (SSSR count). The third-order valence-electron chi connectivity index (χ3n) is 2.18. The van der Waals surface area contributed by atoms with Crippen molar-refractivity contribution in [3.05, 3.63) is 29.8 Å². The number of nitrogens with one attached hydrogen (secondary N) is 1. The first-order valence-electron chi connectivity index (χ1n) is 5.06. The van der Waals surface area contributed by atoms with Gasteiger partial charge in [-0.2, -0.15) is 0 Å². The van der Waals surface area contributed by atoms with Crippen molar-refractivity contribution in [2.75, 3.05) is 12.9 Å². The Morgan fingerprint density at radius 2 is 2.12 bits per heavy atom. The van der Waals surface area contributed by atoms with E-state index in [9.17, 15) is 13.2 Å². The number of aliphatic hydroxyl groups excluding tert-OH is 1. The van der Waals surface area contributed by atoms with Crippen LogP contribution in [0.3, 0.4) is 0 Å². The van der Waals surface area contributed by atoms with Gasteiger partial charge in [-0.1, -0.05) is 6.07 Å². The normalized spacial score (nSPS) is 13.1. The van der Waals surface area contributed by atoms with Crippen molar-refractivity contribution in [3.63, 3.8) is 0 Å². The molecule has 0 aromatic heterocycles. The summed E-state index contributed by atoms with van der Waals surface area (Å²) in [6, 6.07) is 5.41. The highest BCUT2D eigenvalue weighted by atomic mass is 32.2. The van der Waals surface area contributed by atoms with E-state index in [1.54, 1.807) is 6.92 Å². The number of carbonyl (C=O) groups is 1. The van der Waals surface area contributed by atoms with Gasteiger partial charge in [0.25, 0.3) is 5.91 Å². The van der Waals surface area contributed by atoms with Gasteiger partial charge in [0.2, 0.25) is 0 Å². The third-order valence-corrected chi connectivity index (χ3v) is 3.29. The van der Waals surface area contributed by atoms with Gasteiger partial charge in [0.15, 0.2) is 9.84 Å². The smallest absolute Gasteiger partial charge is 0.251 e. The molecular formula is C11H15NO4S. The molecule has 0 spiro atoms. The molecule has 1 unspecified atom stereocenters. The van der Waals surface area contributed by atoms with Crippen LogP contribution in [0.15, 0.2) is 29.2 Å². The van der Waals surface area contributed by atoms with Crippen molar-refractivity contribution < 1.29 is 18.3 Å². The average Bonchev–Trinajstić information content (AvgIpc) is 2.28. The Morgan fingerprint density at radius 1 is 1.47 bits per heavy atom. The molecule has 6 heteroatoms. The van der Waals surface area contributed by atoms with E-state index in [1.807, 2.05) is 0 Å². The number of benzene rings is 1. The van der Waals surface area contributed by atoms with Crippen LogP contribution < -0.4 is 5.32 Å². The quantitative estimate of drug-likeness (QED) is 0.807. The Hall–Kier alpha value is -1.40. The standard InChI is InChI=1S/C11H15NO4S/c1-8(7-13)12-11(14)9-4-3-5-10(6-9)17(2,15)16/h3-6,8,13H,7H2,1-2H3,(H,12,14). The predicted molar refractivity (Wildman–Crippen MR) is 63.6 cm³/mol. The van der Waals surface area contributed by atoms with Crippen LogP contribution in [-0.2, 0) is 9.84 Å². The van der Waals surface area contributed by atoms with Gasteiger partial charge in [-0.3, -0.25) is 4.79 Å². The number of aliphatic hydroxyl groups is 1. The number of amides is 1. The van der Waals surface area contributed by atoms with Crippen LogP contribution in [0.2, 0.25) is 0 Å². The Bertz CT molecular complexity index is 510. The van der Waals surface area contributed by atoms with Crippen molar-refractivity contribution in [1.29, 1.82) is 0 Å². The molecule has 0 saturated heterocycles. The van der Waals surface area contributed by atoms with Crippen LogP contribution in [0.4, 0.5) is 0 Å². The monoisotopic (exact) mass is 257 g/mol. The summed E-state index contributed by atoms with van der Waals surface area (Å²) >= 11 is 0. The maximum Gasteiger partial charge on any atom is 0.251 e. The zero-order chi connectivity index (χ0) is 13.1. The van der Waals surface area contributed by atoms with Gasteiger partial charge in [-0.05, 0) is 25.1 Å². The molecule has 0 aliphatic rings. The van der Waals surface area contributed by atoms with E-state index in [0.29, 0.717) is 0 Å². The summed E-state index contributed by atoms with van der Waals surface area (Å²) < 4.78 is 22.6. The van der Waals surface area contributed by atoms with E-state index in [-0.39, 0.29) is 23.1 Å². The fourth-order valence-corrected chi connectivity index (χ4v) is 1.89. The van der Waals surface area contributed by atoms with E-state index in [4.69, 9.17) is 5.11 Å². The maximum atomic E-state index is 11.7. The van der Waals surface area contributed by atoms with Gasteiger partial charge in [0, 0.05) is 17.9 Å². The number of hydrogen-bond donors (Lipinski definition) is 2. The molecule has 5 nitrogen and oxygen atoms in total. The highest BCUT2D eigenvalue weighted by Crippen LogP contribution is 2.11. The molecule has 1 aromatic rings. The predicted octanol–water partition coefficient (Wildman–Crippen LogP) is 0.201. The molecule has 0 bridgehead atoms. The molecule has 0 aliphatic heterocycles. The highest BCUT2D eigenvalue weighted by Gasteiger charge is 2.12. The van der Waals surface area contributed by atoms with Crippen LogP contribution >= 0.6 is 0 Å². The Kier molecular flexibility index (Phi) is 4.25. The highest BCUT2D eigenvalue weighted by molar-refractivity contribution is 7.90. The van der Waals surface area contributed by atoms with Gasteiger partial charge < -0.3 is 10.4 Å². The number of sulfone groups is 1. The molecule has 0 aliphatic carbocycles. The molecule has 1 aromatic carbocycles. The van der Waals surface area contributed by atoms with Crippen molar-refractivity contribution in [2.45, 2.75) is 17.9 Å². The van der Waals surface area contributed by atoms with Crippen molar-refractivity contribution >= 4 is 15.7 Å². The minimum atomic E-state index is -3.32. The first-order chi connectivity index (χ1) is 7.84. The van der Waals surface area contributed by atoms with E-state index in [0.717, 1.165) is 6.26 Å². The fraction of sp³-hybridized carbons (Fsp3) is 0.364. The largest absolute Gasteiger partial charge is 0.394 e. The number of hydrogen-bond acceptors (Lipinski definition) is 4. The van der Waals surface area contributed by atoms with Crippen LogP contribution in [0.1, 0.15) is 17.3 Å². The fourth-order valence-electron chi connectivity index (χ4n) is 1.22. The van der Waals surface area contributed by atoms with Crippen LogP contribution in [0.25, 0.3) is 0 Å². The van der Waals surface area contributed by atoms with E-state index < -0.39 is 15.7 Å². The molecule has 1 atom stereocenters. The van der Waals surface area contributed by atoms with E-state index in [2.05, 4.69) is 5.32 Å². The summed E-state index contributed by atoms with van der Waals surface area (Å²) in [5.41, 5.74) is 0.258. The first kappa shape index (κ1) is 13.7. The Labute approximate surface area is 100 Å². The minimum Gasteiger partial charge on any atom is -0.394 e. The first-order valence-corrected chi connectivity index (χ1v) is 6.95. The molecule has 2 N–H and O–H groups in total. The second-order valence-electron chi connectivity index (χ2n) is 3.86. The molecular weight excluding hydrogens is 242 g/mol. The Balaban J connectivity index is 2.97. The molecule has 0 fully saturated rings. The Morgan fingerprint density at radius 3 is 2.65 bits per heavy atom. The summed E-state index contributed by atoms with van der Waals surface area (Å²) in [5.74, 6) is -0.406. The van der Waals surface area contributed by atoms with Crippen LogP contribution in [-0.4, -0.2) is 38.3 Å². The lowest BCUT2D eigenvalue weighted by molar-refractivity contribution is 0.0922. The zero-order valence-electron chi connectivity index (χ0n) is 9.67. The van der Waals surface area contributed by atoms with Gasteiger partial charge in [0.05, 0.1) is 11.5 Å². The lowest BCUT2D eigenvalue weighted by Crippen LogP contribution is -2.35. The third kappa shape index (κ3) is 3.83. The van der Waals surface area contributed by atoms with Gasteiger partial charge in [0.1, 0.15) is 0 Å². The SMILES string of the molecule is CC(CO)NC(=O)c1cccc(S(C)(=O)=O)c1. The summed E-state index contributed by atoms with van der Waals surface area (Å²) in [7, 11) is -3.32. The van der Waals surface area contributed by atoms with Crippen molar-refractivity contribution in [1.82, 2.24) is 5.32 Å². The van der Waals surface area contributed by atoms with E-state index >= 15 is 0 Å². The lowest BCUT2D eigenvalue weighted by Gasteiger charge is -2.11. The zero-order valence-corrected chi connectivity index (χ0v) is 10.5. The molecule has 0 radical (unpaired) electrons. The average molecular weight is 257 g/mol. The van der Waals surface area contributed by atoms with Crippen LogP contribution in [0, 0.1) is 0 Å². The summed E-state index contributed by atoms with van der Waals surface area (Å²) in [6.45, 7) is 1.48. The second-order valence-corrected chi connectivity index (χ2v) is 5.87. The van der Waals surface area contributed by atoms with Gasteiger partial charge in [-0.15, -0.1) is 0 Å².